The number of hydrogen-bond acceptors (Lipinski definition) is 11. The Hall–Kier alpha value is -0.769. The molecule has 0 saturated heterocycles. The summed E-state index contributed by atoms with van der Waals surface area (Å²) in [6.07, 6.45) is 14.4. The first kappa shape index (κ1) is 52.2. The maximum absolute atomic E-state index is 13.5. The van der Waals surface area contributed by atoms with E-state index in [4.69, 9.17) is 39.8 Å². The van der Waals surface area contributed by atoms with Crippen LogP contribution in [-0.4, -0.2) is 115 Å². The molecule has 2 N–H and O–H groups in total. The van der Waals surface area contributed by atoms with E-state index in [0.29, 0.717) is 31.2 Å². The van der Waals surface area contributed by atoms with Crippen LogP contribution in [-0.2, 0) is 49.4 Å². The second-order valence-corrected chi connectivity index (χ2v) is 23.8. The molecule has 0 aliphatic carbocycles. The lowest BCUT2D eigenvalue weighted by Crippen LogP contribution is -2.45. The lowest BCUT2D eigenvalue weighted by molar-refractivity contribution is -0.130. The first-order chi connectivity index (χ1) is 25.3. The molecular weight excluding hydrogens is 733 g/mol. The fourth-order valence-electron chi connectivity index (χ4n) is 7.49. The van der Waals surface area contributed by atoms with Crippen molar-refractivity contribution in [1.82, 2.24) is 10.6 Å². The quantitative estimate of drug-likeness (QED) is 0.0493. The van der Waals surface area contributed by atoms with Crippen LogP contribution >= 0.6 is 0 Å². The lowest BCUT2D eigenvalue weighted by Gasteiger charge is -2.37. The predicted octanol–water partition coefficient (Wildman–Crippen LogP) is 7.13. The third kappa shape index (κ3) is 18.8. The summed E-state index contributed by atoms with van der Waals surface area (Å²) in [5, 5.41) is 6.35. The van der Waals surface area contributed by atoms with Gasteiger partial charge < -0.3 is 50.5 Å². The Labute approximate surface area is 327 Å². The summed E-state index contributed by atoms with van der Waals surface area (Å²) in [6, 6.07) is 1.85. The second-order valence-electron chi connectivity index (χ2n) is 14.5. The normalized spacial score (nSPS) is 13.1. The van der Waals surface area contributed by atoms with Crippen LogP contribution in [0.25, 0.3) is 0 Å². The van der Waals surface area contributed by atoms with E-state index < -0.39 is 26.4 Å². The molecule has 0 unspecified atom stereocenters. The van der Waals surface area contributed by atoms with E-state index in [-0.39, 0.29) is 29.1 Å². The van der Waals surface area contributed by atoms with E-state index in [9.17, 15) is 9.59 Å². The summed E-state index contributed by atoms with van der Waals surface area (Å²) < 4.78 is 51.6. The smallest absolute Gasteiger partial charge is 0.377 e. The van der Waals surface area contributed by atoms with Gasteiger partial charge in [-0.15, -0.1) is 0 Å². The van der Waals surface area contributed by atoms with Gasteiger partial charge in [0.05, 0.1) is 0 Å². The molecule has 0 radical (unpaired) electrons. The molecule has 0 saturated carbocycles. The fourth-order valence-corrected chi connectivity index (χ4v) is 12.7. The molecule has 0 aromatic carbocycles. The molecule has 13 nitrogen and oxygen atoms in total. The standard InChI is InChI=1S/C37H80N2O11Si3/c1-13-16-22-36(23-17-14-2,24-18-15-3)32-38-34(40)31-35(41)39-33-37(25-19-28-51(42-4,43-5)44-6,26-20-29-52(45-7,46-8)47-9)27-21-30-53(48-10,49-11)50-12/h13-33H2,1-12H3,(H,38,40)(H,39,41). The number of hydrogen-bond donors (Lipinski definition) is 2. The van der Waals surface area contributed by atoms with Crippen molar-refractivity contribution >= 4 is 38.2 Å². The molecule has 0 heterocycles. The monoisotopic (exact) mass is 813 g/mol. The summed E-state index contributed by atoms with van der Waals surface area (Å²) in [4.78, 5) is 26.8. The maximum Gasteiger partial charge on any atom is 0.500 e. The molecule has 53 heavy (non-hydrogen) atoms. The summed E-state index contributed by atoms with van der Waals surface area (Å²) in [6.45, 7) is 7.65. The zero-order chi connectivity index (χ0) is 40.3. The first-order valence-electron chi connectivity index (χ1n) is 19.8. The van der Waals surface area contributed by atoms with Crippen molar-refractivity contribution in [3.8, 4) is 0 Å². The molecule has 0 spiro atoms. The van der Waals surface area contributed by atoms with Crippen LogP contribution in [0.15, 0.2) is 0 Å². The van der Waals surface area contributed by atoms with E-state index in [1.807, 2.05) is 0 Å². The van der Waals surface area contributed by atoms with Gasteiger partial charge in [-0.1, -0.05) is 59.3 Å². The van der Waals surface area contributed by atoms with E-state index in [1.54, 1.807) is 64.0 Å². The topological polar surface area (TPSA) is 141 Å². The molecule has 0 bridgehead atoms. The number of carbonyl (C=O) groups is 2. The zero-order valence-electron chi connectivity index (χ0n) is 35.8. The van der Waals surface area contributed by atoms with Crippen LogP contribution < -0.4 is 10.6 Å². The predicted molar refractivity (Wildman–Crippen MR) is 217 cm³/mol. The molecule has 2 amide bonds. The highest BCUT2D eigenvalue weighted by Crippen LogP contribution is 2.40. The SMILES string of the molecule is CCCCC(CCCC)(CCCC)CNC(=O)CC(=O)NCC(CCC[Si](OC)(OC)OC)(CCC[Si](OC)(OC)OC)CCC[Si](OC)(OC)OC. The Morgan fingerprint density at radius 1 is 0.415 bits per heavy atom. The van der Waals surface area contributed by atoms with Gasteiger partial charge in [0.2, 0.25) is 11.8 Å². The summed E-state index contributed by atoms with van der Waals surface area (Å²) >= 11 is 0. The van der Waals surface area contributed by atoms with Crippen LogP contribution in [0.3, 0.4) is 0 Å². The Balaban J connectivity index is 6.25. The molecule has 0 atom stereocenters. The maximum atomic E-state index is 13.5. The fraction of sp³-hybridized carbons (Fsp3) is 0.946. The van der Waals surface area contributed by atoms with Gasteiger partial charge in [-0.25, -0.2) is 0 Å². The van der Waals surface area contributed by atoms with Gasteiger partial charge in [0, 0.05) is 95.2 Å². The van der Waals surface area contributed by atoms with Crippen molar-refractivity contribution in [3.05, 3.63) is 0 Å². The number of rotatable bonds is 36. The molecule has 316 valence electrons. The highest BCUT2D eigenvalue weighted by atomic mass is 28.4. The first-order valence-corrected chi connectivity index (χ1v) is 25.6. The van der Waals surface area contributed by atoms with Crippen molar-refractivity contribution in [1.29, 1.82) is 0 Å². The molecule has 0 aliphatic rings. The minimum Gasteiger partial charge on any atom is -0.377 e. The minimum atomic E-state index is -2.84. The largest absolute Gasteiger partial charge is 0.500 e. The molecule has 0 fully saturated rings. The van der Waals surface area contributed by atoms with E-state index in [2.05, 4.69) is 31.4 Å². The molecule has 0 aromatic rings. The van der Waals surface area contributed by atoms with Crippen LogP contribution in [0.4, 0.5) is 0 Å². The summed E-state index contributed by atoms with van der Waals surface area (Å²) in [7, 11) is 6.06. The minimum absolute atomic E-state index is 0.0742. The van der Waals surface area contributed by atoms with Crippen LogP contribution in [0.2, 0.25) is 18.1 Å². The highest BCUT2D eigenvalue weighted by Gasteiger charge is 2.43. The van der Waals surface area contributed by atoms with Gasteiger partial charge in [0.25, 0.3) is 0 Å². The molecule has 0 rings (SSSR count). The Morgan fingerprint density at radius 2 is 0.642 bits per heavy atom. The molecule has 0 aromatic heterocycles. The van der Waals surface area contributed by atoms with Gasteiger partial charge in [0.15, 0.2) is 0 Å². The Morgan fingerprint density at radius 3 is 0.849 bits per heavy atom. The van der Waals surface area contributed by atoms with Crippen LogP contribution in [0, 0.1) is 10.8 Å². The van der Waals surface area contributed by atoms with E-state index in [0.717, 1.165) is 96.3 Å². The Bertz CT molecular complexity index is 844. The second kappa shape index (κ2) is 28.6. The van der Waals surface area contributed by atoms with Gasteiger partial charge in [0.1, 0.15) is 6.42 Å². The van der Waals surface area contributed by atoms with Crippen LogP contribution in [0.5, 0.6) is 0 Å². The molecular formula is C37H80N2O11Si3. The highest BCUT2D eigenvalue weighted by molar-refractivity contribution is 6.61. The van der Waals surface area contributed by atoms with Gasteiger partial charge in [-0.3, -0.25) is 9.59 Å². The van der Waals surface area contributed by atoms with E-state index >= 15 is 0 Å². The molecule has 16 heteroatoms. The van der Waals surface area contributed by atoms with Crippen LogP contribution in [0.1, 0.15) is 124 Å². The third-order valence-electron chi connectivity index (χ3n) is 11.2. The number of amides is 2. The number of nitrogens with one attached hydrogen (secondary N) is 2. The summed E-state index contributed by atoms with van der Waals surface area (Å²) in [5.74, 6) is -0.517. The van der Waals surface area contributed by atoms with Gasteiger partial charge in [-0.2, -0.15) is 0 Å². The number of carbonyl (C=O) groups excluding carboxylic acids is 2. The van der Waals surface area contributed by atoms with Crippen molar-refractivity contribution in [2.24, 2.45) is 10.8 Å². The zero-order valence-corrected chi connectivity index (χ0v) is 38.8. The van der Waals surface area contributed by atoms with Crippen molar-refractivity contribution in [2.45, 2.75) is 142 Å². The average Bonchev–Trinajstić information content (AvgIpc) is 3.19. The van der Waals surface area contributed by atoms with Gasteiger partial charge >= 0.3 is 26.4 Å². The van der Waals surface area contributed by atoms with E-state index in [1.165, 1.54) is 0 Å². The third-order valence-corrected chi connectivity index (χ3v) is 19.7. The Kier molecular flexibility index (Phi) is 28.2. The lowest BCUT2D eigenvalue weighted by atomic mass is 9.74. The average molecular weight is 813 g/mol. The summed E-state index contributed by atoms with van der Waals surface area (Å²) in [5.41, 5.74) is -0.285. The van der Waals surface area contributed by atoms with Crippen molar-refractivity contribution in [3.63, 3.8) is 0 Å². The number of unbranched alkanes of at least 4 members (excludes halogenated alkanes) is 3. The van der Waals surface area contributed by atoms with Crippen molar-refractivity contribution < 1.29 is 49.4 Å². The molecule has 0 aliphatic heterocycles. The van der Waals surface area contributed by atoms with Gasteiger partial charge in [-0.05, 0) is 68.6 Å². The van der Waals surface area contributed by atoms with Crippen molar-refractivity contribution in [2.75, 3.05) is 77.1 Å².